The molecule has 0 aliphatic heterocycles. The number of hydrogen-bond donors (Lipinski definition) is 1. The van der Waals surface area contributed by atoms with Crippen molar-refractivity contribution in [3.8, 4) is 0 Å². The van der Waals surface area contributed by atoms with Crippen molar-refractivity contribution < 1.29 is 5.11 Å². The van der Waals surface area contributed by atoms with Crippen molar-refractivity contribution in [1.82, 2.24) is 4.90 Å². The Morgan fingerprint density at radius 2 is 1.81 bits per heavy atom. The Bertz CT molecular complexity index is 189. The van der Waals surface area contributed by atoms with E-state index in [2.05, 4.69) is 32.6 Å². The second-order valence-corrected chi connectivity index (χ2v) is 5.68. The monoisotopic (exact) mass is 227 g/mol. The molecule has 0 aromatic rings. The molecule has 0 amide bonds. The van der Waals surface area contributed by atoms with Crippen molar-refractivity contribution in [1.29, 1.82) is 0 Å². The lowest BCUT2D eigenvalue weighted by molar-refractivity contribution is 0.0973. The first-order valence-corrected chi connectivity index (χ1v) is 7.02. The zero-order valence-corrected chi connectivity index (χ0v) is 11.4. The molecule has 1 aliphatic carbocycles. The Kier molecular flexibility index (Phi) is 5.77. The molecular formula is C14H29NO. The van der Waals surface area contributed by atoms with Crippen LogP contribution in [0.2, 0.25) is 0 Å². The highest BCUT2D eigenvalue weighted by atomic mass is 16.3. The van der Waals surface area contributed by atoms with Gasteiger partial charge in [-0.25, -0.2) is 0 Å². The average Bonchev–Trinajstić information content (AvgIpc) is 2.64. The third kappa shape index (κ3) is 3.74. The molecule has 0 bridgehead atoms. The predicted octanol–water partition coefficient (Wildman–Crippen LogP) is 3.05. The van der Waals surface area contributed by atoms with Crippen LogP contribution in [0.5, 0.6) is 0 Å². The van der Waals surface area contributed by atoms with Crippen LogP contribution in [0.3, 0.4) is 0 Å². The summed E-state index contributed by atoms with van der Waals surface area (Å²) in [4.78, 5) is 2.67. The molecule has 1 saturated carbocycles. The average molecular weight is 227 g/mol. The molecule has 0 aromatic carbocycles. The van der Waals surface area contributed by atoms with Crippen molar-refractivity contribution >= 4 is 0 Å². The molecule has 1 aliphatic rings. The molecule has 16 heavy (non-hydrogen) atoms. The molecule has 0 saturated heterocycles. The van der Waals surface area contributed by atoms with Crippen LogP contribution >= 0.6 is 0 Å². The van der Waals surface area contributed by atoms with Gasteiger partial charge in [0.25, 0.3) is 0 Å². The minimum atomic E-state index is -0.0472. The molecule has 0 aromatic heterocycles. The summed E-state index contributed by atoms with van der Waals surface area (Å²) in [6, 6.07) is 1.33. The van der Waals surface area contributed by atoms with E-state index >= 15 is 0 Å². The maximum atomic E-state index is 9.68. The van der Waals surface area contributed by atoms with Crippen LogP contribution < -0.4 is 0 Å². The molecular weight excluding hydrogens is 198 g/mol. The first-order valence-electron chi connectivity index (χ1n) is 7.02. The van der Waals surface area contributed by atoms with Gasteiger partial charge in [0.15, 0.2) is 0 Å². The Morgan fingerprint density at radius 3 is 2.19 bits per heavy atom. The van der Waals surface area contributed by atoms with Gasteiger partial charge in [0.1, 0.15) is 0 Å². The van der Waals surface area contributed by atoms with Crippen molar-refractivity contribution in [3.05, 3.63) is 0 Å². The summed E-state index contributed by atoms with van der Waals surface area (Å²) in [5.74, 6) is 0.721. The van der Waals surface area contributed by atoms with Crippen LogP contribution in [0.1, 0.15) is 59.8 Å². The van der Waals surface area contributed by atoms with Crippen LogP contribution in [0.25, 0.3) is 0 Å². The predicted molar refractivity (Wildman–Crippen MR) is 69.6 cm³/mol. The van der Waals surface area contributed by atoms with Crippen molar-refractivity contribution in [2.24, 2.45) is 5.92 Å². The fourth-order valence-corrected chi connectivity index (χ4v) is 3.01. The van der Waals surface area contributed by atoms with Gasteiger partial charge in [-0.05, 0) is 38.0 Å². The minimum absolute atomic E-state index is 0.0472. The molecule has 1 fully saturated rings. The van der Waals surface area contributed by atoms with E-state index in [1.165, 1.54) is 25.8 Å². The zero-order valence-electron chi connectivity index (χ0n) is 11.4. The maximum Gasteiger partial charge on any atom is 0.0555 e. The highest BCUT2D eigenvalue weighted by molar-refractivity contribution is 4.86. The summed E-state index contributed by atoms with van der Waals surface area (Å²) in [6.45, 7) is 10.3. The van der Waals surface area contributed by atoms with Gasteiger partial charge in [-0.1, -0.05) is 27.7 Å². The molecule has 1 rings (SSSR count). The third-order valence-corrected chi connectivity index (χ3v) is 3.83. The molecule has 1 N–H and O–H groups in total. The largest absolute Gasteiger partial charge is 0.393 e. The van der Waals surface area contributed by atoms with E-state index < -0.39 is 0 Å². The van der Waals surface area contributed by atoms with E-state index in [9.17, 15) is 5.11 Å². The molecule has 2 nitrogen and oxygen atoms in total. The Hall–Kier alpha value is -0.0800. The lowest BCUT2D eigenvalue weighted by Crippen LogP contribution is -2.44. The van der Waals surface area contributed by atoms with Crippen molar-refractivity contribution in [2.75, 3.05) is 6.54 Å². The summed E-state index contributed by atoms with van der Waals surface area (Å²) in [5.41, 5.74) is 0. The van der Waals surface area contributed by atoms with Crippen molar-refractivity contribution in [2.45, 2.75) is 78.0 Å². The standard InChI is InChI=1S/C14H29NO/c1-5-12(6-2)15(10-11(3)4)13-7-8-14(16)9-13/h11-14,16H,5-10H2,1-4H3. The van der Waals surface area contributed by atoms with Gasteiger partial charge in [0.05, 0.1) is 6.10 Å². The van der Waals surface area contributed by atoms with E-state index in [0.29, 0.717) is 12.1 Å². The second kappa shape index (κ2) is 6.61. The number of rotatable bonds is 6. The van der Waals surface area contributed by atoms with Crippen LogP contribution in [0.4, 0.5) is 0 Å². The van der Waals surface area contributed by atoms with Crippen LogP contribution in [-0.2, 0) is 0 Å². The highest BCUT2D eigenvalue weighted by Crippen LogP contribution is 2.28. The molecule has 0 heterocycles. The summed E-state index contributed by atoms with van der Waals surface area (Å²) < 4.78 is 0. The van der Waals surface area contributed by atoms with Gasteiger partial charge in [-0.15, -0.1) is 0 Å². The quantitative estimate of drug-likeness (QED) is 0.754. The van der Waals surface area contributed by atoms with Crippen LogP contribution in [0.15, 0.2) is 0 Å². The summed E-state index contributed by atoms with van der Waals surface area (Å²) in [5, 5.41) is 9.68. The smallest absolute Gasteiger partial charge is 0.0555 e. The van der Waals surface area contributed by atoms with Gasteiger partial charge in [0, 0.05) is 18.6 Å². The first-order chi connectivity index (χ1) is 7.58. The SMILES string of the molecule is CCC(CC)N(CC(C)C)C1CCC(O)C1. The van der Waals surface area contributed by atoms with Crippen molar-refractivity contribution in [3.63, 3.8) is 0 Å². The summed E-state index contributed by atoms with van der Waals surface area (Å²) >= 11 is 0. The summed E-state index contributed by atoms with van der Waals surface area (Å²) in [7, 11) is 0. The van der Waals surface area contributed by atoms with E-state index in [0.717, 1.165) is 18.8 Å². The van der Waals surface area contributed by atoms with Gasteiger partial charge in [-0.3, -0.25) is 4.90 Å². The van der Waals surface area contributed by atoms with E-state index in [1.807, 2.05) is 0 Å². The molecule has 2 heteroatoms. The first kappa shape index (κ1) is 14.0. The topological polar surface area (TPSA) is 23.5 Å². The zero-order chi connectivity index (χ0) is 12.1. The van der Waals surface area contributed by atoms with Gasteiger partial charge in [-0.2, -0.15) is 0 Å². The minimum Gasteiger partial charge on any atom is -0.393 e. The molecule has 2 unspecified atom stereocenters. The second-order valence-electron chi connectivity index (χ2n) is 5.68. The van der Waals surface area contributed by atoms with E-state index in [1.54, 1.807) is 0 Å². The van der Waals surface area contributed by atoms with Crippen LogP contribution in [0, 0.1) is 5.92 Å². The molecule has 0 spiro atoms. The van der Waals surface area contributed by atoms with E-state index in [-0.39, 0.29) is 6.10 Å². The molecule has 96 valence electrons. The normalized spacial score (nSPS) is 26.2. The van der Waals surface area contributed by atoms with Gasteiger partial charge in [0.2, 0.25) is 0 Å². The Morgan fingerprint density at radius 1 is 1.19 bits per heavy atom. The maximum absolute atomic E-state index is 9.68. The summed E-state index contributed by atoms with van der Waals surface area (Å²) in [6.07, 6.45) is 5.59. The number of aliphatic hydroxyl groups is 1. The van der Waals surface area contributed by atoms with Gasteiger partial charge >= 0.3 is 0 Å². The van der Waals surface area contributed by atoms with E-state index in [4.69, 9.17) is 0 Å². The molecule has 2 atom stereocenters. The fraction of sp³-hybridized carbons (Fsp3) is 1.00. The molecule has 0 radical (unpaired) electrons. The number of nitrogens with zero attached hydrogens (tertiary/aromatic N) is 1. The Balaban J connectivity index is 2.62. The Labute approximate surface area is 101 Å². The van der Waals surface area contributed by atoms with Crippen LogP contribution in [-0.4, -0.2) is 34.7 Å². The number of aliphatic hydroxyl groups excluding tert-OH is 1. The third-order valence-electron chi connectivity index (χ3n) is 3.83. The van der Waals surface area contributed by atoms with Gasteiger partial charge < -0.3 is 5.11 Å². The fourth-order valence-electron chi connectivity index (χ4n) is 3.01. The lowest BCUT2D eigenvalue weighted by atomic mass is 10.0. The lowest BCUT2D eigenvalue weighted by Gasteiger charge is -2.37. The number of hydrogen-bond acceptors (Lipinski definition) is 2. The highest BCUT2D eigenvalue weighted by Gasteiger charge is 2.31.